The molecule has 2 heterocycles. The Labute approximate surface area is 183 Å². The second kappa shape index (κ2) is 8.69. The number of nitro groups is 1. The smallest absolute Gasteiger partial charge is 0.338 e. The third-order valence-corrected chi connectivity index (χ3v) is 6.23. The lowest BCUT2D eigenvalue weighted by molar-refractivity contribution is -0.384. The van der Waals surface area contributed by atoms with Gasteiger partial charge in [0, 0.05) is 29.1 Å². The van der Waals surface area contributed by atoms with Crippen molar-refractivity contribution in [3.8, 4) is 0 Å². The Morgan fingerprint density at radius 2 is 1.90 bits per heavy atom. The maximum Gasteiger partial charge on any atom is 0.338 e. The van der Waals surface area contributed by atoms with Gasteiger partial charge < -0.3 is 9.64 Å². The van der Waals surface area contributed by atoms with E-state index in [-0.39, 0.29) is 35.4 Å². The van der Waals surface area contributed by atoms with Crippen molar-refractivity contribution < 1.29 is 19.2 Å². The molecule has 2 aromatic carbocycles. The Kier molecular flexibility index (Phi) is 5.81. The second-order valence-electron chi connectivity index (χ2n) is 7.11. The van der Waals surface area contributed by atoms with Crippen LogP contribution in [-0.4, -0.2) is 34.9 Å². The average Bonchev–Trinajstić information content (AvgIpc) is 3.27. The maximum atomic E-state index is 13.6. The fraction of sp³-hybridized carbons (Fsp3) is 0.217. The molecule has 7 nitrogen and oxygen atoms in total. The molecule has 0 bridgehead atoms. The van der Waals surface area contributed by atoms with E-state index in [0.29, 0.717) is 13.0 Å². The minimum Gasteiger partial charge on any atom is -0.462 e. The zero-order valence-electron chi connectivity index (χ0n) is 16.8. The summed E-state index contributed by atoms with van der Waals surface area (Å²) in [5.41, 5.74) is 1.79. The first-order valence-electron chi connectivity index (χ1n) is 9.88. The Morgan fingerprint density at radius 1 is 1.16 bits per heavy atom. The molecule has 4 rings (SSSR count). The Morgan fingerprint density at radius 3 is 2.61 bits per heavy atom. The number of hydrogen-bond donors (Lipinski definition) is 0. The van der Waals surface area contributed by atoms with Crippen LogP contribution in [0.25, 0.3) is 0 Å². The lowest BCUT2D eigenvalue weighted by Crippen LogP contribution is -2.40. The van der Waals surface area contributed by atoms with Crippen LogP contribution in [0.3, 0.4) is 0 Å². The molecule has 1 aromatic heterocycles. The molecule has 1 aliphatic rings. The molecule has 8 heteroatoms. The summed E-state index contributed by atoms with van der Waals surface area (Å²) in [6, 6.07) is 15.1. The minimum atomic E-state index is -0.696. The minimum absolute atomic E-state index is 0.0103. The number of hydrogen-bond acceptors (Lipinski definition) is 6. The zero-order valence-corrected chi connectivity index (χ0v) is 17.6. The molecule has 0 aliphatic carbocycles. The molecule has 0 saturated carbocycles. The lowest BCUT2D eigenvalue weighted by atomic mass is 9.92. The maximum absolute atomic E-state index is 13.6. The molecule has 31 heavy (non-hydrogen) atoms. The highest BCUT2D eigenvalue weighted by atomic mass is 32.1. The van der Waals surface area contributed by atoms with Gasteiger partial charge in [0.15, 0.2) is 0 Å². The molecule has 3 aromatic rings. The second-order valence-corrected chi connectivity index (χ2v) is 8.11. The van der Waals surface area contributed by atoms with E-state index in [2.05, 4.69) is 0 Å². The van der Waals surface area contributed by atoms with Crippen LogP contribution in [-0.2, 0) is 11.2 Å². The van der Waals surface area contributed by atoms with Crippen LogP contribution in [0.5, 0.6) is 0 Å². The monoisotopic (exact) mass is 436 g/mol. The summed E-state index contributed by atoms with van der Waals surface area (Å²) in [6.07, 6.45) is 0.710. The summed E-state index contributed by atoms with van der Waals surface area (Å²) >= 11 is 1.66. The number of amides is 1. The highest BCUT2D eigenvalue weighted by molar-refractivity contribution is 7.10. The number of esters is 1. The van der Waals surface area contributed by atoms with Crippen LogP contribution in [0, 0.1) is 10.1 Å². The van der Waals surface area contributed by atoms with Crippen molar-refractivity contribution >= 4 is 28.9 Å². The normalized spacial score (nSPS) is 15.3. The Balaban J connectivity index is 1.77. The fourth-order valence-electron chi connectivity index (χ4n) is 3.87. The van der Waals surface area contributed by atoms with Crippen LogP contribution in [0.2, 0.25) is 0 Å². The molecule has 158 valence electrons. The van der Waals surface area contributed by atoms with Gasteiger partial charge in [-0.25, -0.2) is 4.79 Å². The summed E-state index contributed by atoms with van der Waals surface area (Å²) in [5.74, 6) is -1.06. The average molecular weight is 436 g/mol. The number of rotatable bonds is 5. The van der Waals surface area contributed by atoms with Gasteiger partial charge in [-0.15, -0.1) is 11.3 Å². The van der Waals surface area contributed by atoms with Crippen molar-refractivity contribution in [3.63, 3.8) is 0 Å². The van der Waals surface area contributed by atoms with Crippen molar-refractivity contribution in [1.29, 1.82) is 0 Å². The van der Waals surface area contributed by atoms with Gasteiger partial charge in [0.2, 0.25) is 0 Å². The first kappa shape index (κ1) is 20.7. The van der Waals surface area contributed by atoms with Crippen molar-refractivity contribution in [2.24, 2.45) is 0 Å². The summed E-state index contributed by atoms with van der Waals surface area (Å²) in [6.45, 7) is 2.26. The van der Waals surface area contributed by atoms with E-state index in [9.17, 15) is 19.7 Å². The number of nitro benzene ring substituents is 1. The van der Waals surface area contributed by atoms with Crippen LogP contribution in [0.15, 0.2) is 60.0 Å². The topological polar surface area (TPSA) is 89.8 Å². The third-order valence-electron chi connectivity index (χ3n) is 5.23. The van der Waals surface area contributed by atoms with E-state index in [1.165, 1.54) is 17.0 Å². The summed E-state index contributed by atoms with van der Waals surface area (Å²) < 4.78 is 4.98. The van der Waals surface area contributed by atoms with Gasteiger partial charge in [-0.1, -0.05) is 30.3 Å². The molecule has 1 atom stereocenters. The van der Waals surface area contributed by atoms with Gasteiger partial charge in [-0.3, -0.25) is 14.9 Å². The molecule has 1 aliphatic heterocycles. The van der Waals surface area contributed by atoms with Crippen LogP contribution < -0.4 is 0 Å². The summed E-state index contributed by atoms with van der Waals surface area (Å²) in [7, 11) is 0. The predicted molar refractivity (Wildman–Crippen MR) is 116 cm³/mol. The quantitative estimate of drug-likeness (QED) is 0.331. The number of non-ortho nitro benzene ring substituents is 1. The Hall–Kier alpha value is -3.52. The fourth-order valence-corrected chi connectivity index (χ4v) is 4.77. The van der Waals surface area contributed by atoms with Gasteiger partial charge in [-0.05, 0) is 42.0 Å². The first-order valence-corrected chi connectivity index (χ1v) is 10.8. The van der Waals surface area contributed by atoms with Crippen molar-refractivity contribution in [2.45, 2.75) is 19.4 Å². The number of nitrogens with zero attached hydrogens (tertiary/aromatic N) is 2. The molecule has 0 radical (unpaired) electrons. The molecule has 0 spiro atoms. The molecular weight excluding hydrogens is 416 g/mol. The van der Waals surface area contributed by atoms with Gasteiger partial charge in [0.25, 0.3) is 11.6 Å². The highest BCUT2D eigenvalue weighted by Crippen LogP contribution is 2.38. The van der Waals surface area contributed by atoms with E-state index in [0.717, 1.165) is 17.2 Å². The highest BCUT2D eigenvalue weighted by Gasteiger charge is 2.34. The molecule has 0 N–H and O–H groups in total. The standard InChI is InChI=1S/C23H20N2O5S/c1-2-30-23(27)17-12-16(13-18(14-17)25(28)29)22(26)24-10-8-20-19(9-11-31-20)21(24)15-6-4-3-5-7-15/h3-7,9,11-14,21H,2,8,10H2,1H3. The van der Waals surface area contributed by atoms with E-state index < -0.39 is 10.9 Å². The van der Waals surface area contributed by atoms with E-state index in [1.807, 2.05) is 41.8 Å². The molecular formula is C23H20N2O5S. The van der Waals surface area contributed by atoms with Crippen LogP contribution in [0.4, 0.5) is 5.69 Å². The van der Waals surface area contributed by atoms with Gasteiger partial charge in [0.05, 0.1) is 23.1 Å². The van der Waals surface area contributed by atoms with Crippen molar-refractivity contribution in [3.05, 3.63) is 97.2 Å². The Bertz CT molecular complexity index is 1140. The molecule has 1 amide bonds. The van der Waals surface area contributed by atoms with Gasteiger partial charge in [0.1, 0.15) is 0 Å². The van der Waals surface area contributed by atoms with Crippen LogP contribution in [0.1, 0.15) is 49.7 Å². The summed E-state index contributed by atoms with van der Waals surface area (Å²) in [4.78, 5) is 39.6. The number of fused-ring (bicyclic) bond motifs is 1. The first-order chi connectivity index (χ1) is 15.0. The SMILES string of the molecule is CCOC(=O)c1cc(C(=O)N2CCc3sccc3C2c2ccccc2)cc([N+](=O)[O-])c1. The molecule has 0 fully saturated rings. The van der Waals surface area contributed by atoms with Crippen molar-refractivity contribution in [2.75, 3.05) is 13.2 Å². The van der Waals surface area contributed by atoms with E-state index >= 15 is 0 Å². The number of carbonyl (C=O) groups is 2. The molecule has 1 unspecified atom stereocenters. The zero-order chi connectivity index (χ0) is 22.0. The molecule has 0 saturated heterocycles. The number of benzene rings is 2. The largest absolute Gasteiger partial charge is 0.462 e. The number of ether oxygens (including phenoxy) is 1. The van der Waals surface area contributed by atoms with E-state index in [4.69, 9.17) is 4.74 Å². The number of thiophene rings is 1. The third kappa shape index (κ3) is 4.06. The lowest BCUT2D eigenvalue weighted by Gasteiger charge is -2.36. The van der Waals surface area contributed by atoms with Crippen molar-refractivity contribution in [1.82, 2.24) is 4.90 Å². The predicted octanol–water partition coefficient (Wildman–Crippen LogP) is 4.62. The number of carbonyl (C=O) groups excluding carboxylic acids is 2. The summed E-state index contributed by atoms with van der Waals surface area (Å²) in [5, 5.41) is 13.4. The van der Waals surface area contributed by atoms with Crippen LogP contribution >= 0.6 is 11.3 Å². The van der Waals surface area contributed by atoms with Gasteiger partial charge >= 0.3 is 5.97 Å². The van der Waals surface area contributed by atoms with E-state index in [1.54, 1.807) is 23.2 Å². The van der Waals surface area contributed by atoms with Gasteiger partial charge in [-0.2, -0.15) is 0 Å².